The van der Waals surface area contributed by atoms with Crippen LogP contribution in [0.3, 0.4) is 0 Å². The lowest BCUT2D eigenvalue weighted by Crippen LogP contribution is -2.14. The number of nitrogens with one attached hydrogen (secondary N) is 1. The number of rotatable bonds is 3. The summed E-state index contributed by atoms with van der Waals surface area (Å²) in [5, 5.41) is 6.91. The highest BCUT2D eigenvalue weighted by Crippen LogP contribution is 2.32. The Morgan fingerprint density at radius 1 is 1.33 bits per heavy atom. The molecule has 0 bridgehead atoms. The fraction of sp³-hybridized carbons (Fsp3) is 0. The second kappa shape index (κ2) is 5.85. The molecule has 0 aliphatic rings. The van der Waals surface area contributed by atoms with Crippen LogP contribution in [0.4, 0.5) is 5.69 Å². The number of thiophene rings is 1. The standard InChI is InChI=1S/C13H8Cl2N4OS/c14-11-6-8(12(15)21-11)13(20)18-9-7-16-4-2-10(9)19-5-1-3-17-19/h1-7H,(H,18,20). The third kappa shape index (κ3) is 2.92. The molecule has 0 atom stereocenters. The molecule has 1 N–H and O–H groups in total. The fourth-order valence-electron chi connectivity index (χ4n) is 1.78. The van der Waals surface area contributed by atoms with E-state index in [-0.39, 0.29) is 5.91 Å². The molecule has 0 fully saturated rings. The number of pyridine rings is 1. The van der Waals surface area contributed by atoms with Crippen LogP contribution in [0.15, 0.2) is 43.0 Å². The molecule has 3 rings (SSSR count). The maximum absolute atomic E-state index is 12.3. The summed E-state index contributed by atoms with van der Waals surface area (Å²) >= 11 is 13.0. The van der Waals surface area contributed by atoms with Gasteiger partial charge in [-0.05, 0) is 18.2 Å². The summed E-state index contributed by atoms with van der Waals surface area (Å²) < 4.78 is 2.45. The lowest BCUT2D eigenvalue weighted by atomic mass is 10.3. The van der Waals surface area contributed by atoms with Crippen LogP contribution in [-0.4, -0.2) is 20.7 Å². The normalized spacial score (nSPS) is 10.6. The van der Waals surface area contributed by atoms with Gasteiger partial charge in [0.1, 0.15) is 4.34 Å². The number of hydrogen-bond acceptors (Lipinski definition) is 4. The third-order valence-electron chi connectivity index (χ3n) is 2.70. The van der Waals surface area contributed by atoms with Crippen molar-refractivity contribution in [1.29, 1.82) is 0 Å². The Kier molecular flexibility index (Phi) is 3.92. The summed E-state index contributed by atoms with van der Waals surface area (Å²) in [4.78, 5) is 16.3. The molecular weight excluding hydrogens is 331 g/mol. The highest BCUT2D eigenvalue weighted by Gasteiger charge is 2.16. The molecule has 1 amide bonds. The van der Waals surface area contributed by atoms with Crippen molar-refractivity contribution in [3.8, 4) is 5.69 Å². The Hall–Kier alpha value is -1.89. The monoisotopic (exact) mass is 338 g/mol. The Bertz CT molecular complexity index is 785. The molecule has 5 nitrogen and oxygen atoms in total. The van der Waals surface area contributed by atoms with Crippen molar-refractivity contribution < 1.29 is 4.79 Å². The van der Waals surface area contributed by atoms with E-state index >= 15 is 0 Å². The number of aromatic nitrogens is 3. The van der Waals surface area contributed by atoms with Crippen LogP contribution in [0, 0.1) is 0 Å². The van der Waals surface area contributed by atoms with Crippen LogP contribution in [-0.2, 0) is 0 Å². The summed E-state index contributed by atoms with van der Waals surface area (Å²) in [6, 6.07) is 5.08. The van der Waals surface area contributed by atoms with Gasteiger partial charge >= 0.3 is 0 Å². The van der Waals surface area contributed by atoms with Crippen LogP contribution < -0.4 is 5.32 Å². The quantitative estimate of drug-likeness (QED) is 0.788. The molecule has 0 aromatic carbocycles. The molecular formula is C13H8Cl2N4OS. The van der Waals surface area contributed by atoms with Crippen LogP contribution in [0.2, 0.25) is 8.67 Å². The molecule has 0 saturated carbocycles. The maximum atomic E-state index is 12.3. The summed E-state index contributed by atoms with van der Waals surface area (Å²) in [7, 11) is 0. The number of nitrogens with zero attached hydrogens (tertiary/aromatic N) is 3. The molecule has 0 unspecified atom stereocenters. The number of anilines is 1. The average Bonchev–Trinajstić information content (AvgIpc) is 3.09. The van der Waals surface area contributed by atoms with Gasteiger partial charge in [0.2, 0.25) is 0 Å². The van der Waals surface area contributed by atoms with Crippen molar-refractivity contribution in [2.24, 2.45) is 0 Å². The number of hydrogen-bond donors (Lipinski definition) is 1. The van der Waals surface area contributed by atoms with E-state index in [0.717, 1.165) is 11.3 Å². The van der Waals surface area contributed by atoms with Gasteiger partial charge in [0.25, 0.3) is 5.91 Å². The van der Waals surface area contributed by atoms with Crippen molar-refractivity contribution in [2.75, 3.05) is 5.32 Å². The van der Waals surface area contributed by atoms with Crippen LogP contribution >= 0.6 is 34.5 Å². The Balaban J connectivity index is 1.92. The second-order valence-electron chi connectivity index (χ2n) is 4.04. The molecule has 0 radical (unpaired) electrons. The molecule has 3 heterocycles. The Morgan fingerprint density at radius 2 is 2.19 bits per heavy atom. The van der Waals surface area contributed by atoms with E-state index in [1.165, 1.54) is 6.07 Å². The van der Waals surface area contributed by atoms with E-state index in [0.29, 0.717) is 25.6 Å². The van der Waals surface area contributed by atoms with Gasteiger partial charge in [-0.3, -0.25) is 9.78 Å². The Morgan fingerprint density at radius 3 is 2.86 bits per heavy atom. The zero-order chi connectivity index (χ0) is 14.8. The smallest absolute Gasteiger partial charge is 0.258 e. The number of amides is 1. The number of carbonyl (C=O) groups excluding carboxylic acids is 1. The van der Waals surface area contributed by atoms with Gasteiger partial charge in [0, 0.05) is 18.6 Å². The molecule has 0 aliphatic carbocycles. The first-order valence-corrected chi connectivity index (χ1v) is 7.42. The summed E-state index contributed by atoms with van der Waals surface area (Å²) in [5.41, 5.74) is 1.58. The molecule has 0 spiro atoms. The lowest BCUT2D eigenvalue weighted by Gasteiger charge is -2.10. The SMILES string of the molecule is O=C(Nc1cnccc1-n1cccn1)c1cc(Cl)sc1Cl. The lowest BCUT2D eigenvalue weighted by molar-refractivity contribution is 0.102. The topological polar surface area (TPSA) is 59.8 Å². The van der Waals surface area contributed by atoms with Crippen LogP contribution in [0.25, 0.3) is 5.69 Å². The highest BCUT2D eigenvalue weighted by molar-refractivity contribution is 7.20. The van der Waals surface area contributed by atoms with E-state index in [1.54, 1.807) is 41.6 Å². The van der Waals surface area contributed by atoms with Gasteiger partial charge in [-0.1, -0.05) is 23.2 Å². The summed E-state index contributed by atoms with van der Waals surface area (Å²) in [6.07, 6.45) is 6.61. The second-order valence-corrected chi connectivity index (χ2v) is 6.32. The van der Waals surface area contributed by atoms with E-state index < -0.39 is 0 Å². The minimum absolute atomic E-state index is 0.335. The van der Waals surface area contributed by atoms with Crippen molar-refractivity contribution in [3.05, 3.63) is 57.2 Å². The maximum Gasteiger partial charge on any atom is 0.258 e. The molecule has 106 valence electrons. The first-order valence-electron chi connectivity index (χ1n) is 5.85. The minimum atomic E-state index is -0.343. The minimum Gasteiger partial charge on any atom is -0.319 e. The molecule has 8 heteroatoms. The predicted octanol–water partition coefficient (Wildman–Crippen LogP) is 3.89. The fourth-order valence-corrected chi connectivity index (χ4v) is 3.24. The van der Waals surface area contributed by atoms with Gasteiger partial charge in [-0.25, -0.2) is 4.68 Å². The molecule has 0 saturated heterocycles. The first-order chi connectivity index (χ1) is 10.1. The largest absolute Gasteiger partial charge is 0.319 e. The van der Waals surface area contributed by atoms with Crippen LogP contribution in [0.1, 0.15) is 10.4 Å². The van der Waals surface area contributed by atoms with E-state index in [2.05, 4.69) is 15.4 Å². The highest BCUT2D eigenvalue weighted by atomic mass is 35.5. The first kappa shape index (κ1) is 14.1. The number of halogens is 2. The van der Waals surface area contributed by atoms with Gasteiger partial charge in [-0.15, -0.1) is 11.3 Å². The zero-order valence-corrected chi connectivity index (χ0v) is 12.8. The van der Waals surface area contributed by atoms with E-state index in [9.17, 15) is 4.79 Å². The predicted molar refractivity (Wildman–Crippen MR) is 83.7 cm³/mol. The van der Waals surface area contributed by atoms with Gasteiger partial charge in [0.15, 0.2) is 0 Å². The van der Waals surface area contributed by atoms with Gasteiger partial charge in [0.05, 0.1) is 27.5 Å². The van der Waals surface area contributed by atoms with Crippen LogP contribution in [0.5, 0.6) is 0 Å². The van der Waals surface area contributed by atoms with Crippen molar-refractivity contribution in [1.82, 2.24) is 14.8 Å². The molecule has 0 aliphatic heterocycles. The van der Waals surface area contributed by atoms with Crippen molar-refractivity contribution in [3.63, 3.8) is 0 Å². The third-order valence-corrected chi connectivity index (χ3v) is 4.19. The summed E-state index contributed by atoms with van der Waals surface area (Å²) in [5.74, 6) is -0.343. The van der Waals surface area contributed by atoms with Gasteiger partial charge in [-0.2, -0.15) is 5.10 Å². The molecule has 21 heavy (non-hydrogen) atoms. The Labute approximate surface area is 134 Å². The average molecular weight is 339 g/mol. The van der Waals surface area contributed by atoms with Gasteiger partial charge < -0.3 is 5.32 Å². The molecule has 3 aromatic heterocycles. The molecule has 3 aromatic rings. The van der Waals surface area contributed by atoms with E-state index in [4.69, 9.17) is 23.2 Å². The summed E-state index contributed by atoms with van der Waals surface area (Å²) in [6.45, 7) is 0. The number of carbonyl (C=O) groups is 1. The zero-order valence-electron chi connectivity index (χ0n) is 10.5. The van der Waals surface area contributed by atoms with E-state index in [1.807, 2.05) is 0 Å². The van der Waals surface area contributed by atoms with Crippen molar-refractivity contribution in [2.45, 2.75) is 0 Å². The van der Waals surface area contributed by atoms with Crippen molar-refractivity contribution >= 4 is 46.1 Å².